The van der Waals surface area contributed by atoms with Crippen LogP contribution < -0.4 is 4.90 Å². The lowest BCUT2D eigenvalue weighted by Crippen LogP contribution is -2.22. The molecular formula is C68H57NO. The van der Waals surface area contributed by atoms with Crippen LogP contribution in [-0.2, 0) is 16.2 Å². The van der Waals surface area contributed by atoms with E-state index >= 15 is 0 Å². The largest absolute Gasteiger partial charge is 0.456 e. The van der Waals surface area contributed by atoms with Crippen LogP contribution in [0.3, 0.4) is 0 Å². The summed E-state index contributed by atoms with van der Waals surface area (Å²) in [7, 11) is 0. The SMILES string of the molecule is CC(C)(C)c1cc(-c2cccc3cccc(-c4ccccc4N(c4ccccc4-c4cccc5c4-c4ccccc4C5(C)c4ccccc4)c4cccc5oc6ccccc6c45)c23)cc(C(C)(C)C)c1. The summed E-state index contributed by atoms with van der Waals surface area (Å²) in [6, 6.07) is 80.9. The average Bonchev–Trinajstić information content (AvgIpc) is 3.90. The van der Waals surface area contributed by atoms with E-state index < -0.39 is 0 Å². The third kappa shape index (κ3) is 6.91. The second-order valence-electron chi connectivity index (χ2n) is 21.4. The van der Waals surface area contributed by atoms with Crippen LogP contribution in [0, 0.1) is 0 Å². The highest BCUT2D eigenvalue weighted by Gasteiger charge is 2.42. The molecule has 10 aromatic carbocycles. The van der Waals surface area contributed by atoms with E-state index in [0.29, 0.717) is 0 Å². The fraction of sp³-hybridized carbons (Fsp3) is 0.147. The Balaban J connectivity index is 1.15. The van der Waals surface area contributed by atoms with Gasteiger partial charge < -0.3 is 9.32 Å². The highest BCUT2D eigenvalue weighted by Crippen LogP contribution is 2.57. The molecule has 2 nitrogen and oxygen atoms in total. The second-order valence-corrected chi connectivity index (χ2v) is 21.4. The normalized spacial score (nSPS) is 14.6. The molecule has 0 N–H and O–H groups in total. The summed E-state index contributed by atoms with van der Waals surface area (Å²) in [5, 5.41) is 4.61. The summed E-state index contributed by atoms with van der Waals surface area (Å²) in [5.41, 5.74) is 20.9. The predicted molar refractivity (Wildman–Crippen MR) is 297 cm³/mol. The first kappa shape index (κ1) is 43.3. The van der Waals surface area contributed by atoms with Crippen molar-refractivity contribution in [3.05, 3.63) is 246 Å². The Morgan fingerprint density at radius 1 is 0.386 bits per heavy atom. The first-order valence-corrected chi connectivity index (χ1v) is 24.8. The van der Waals surface area contributed by atoms with Gasteiger partial charge in [-0.1, -0.05) is 230 Å². The Morgan fingerprint density at radius 3 is 1.59 bits per heavy atom. The van der Waals surface area contributed by atoms with E-state index in [9.17, 15) is 0 Å². The minimum Gasteiger partial charge on any atom is -0.456 e. The van der Waals surface area contributed by atoms with Crippen molar-refractivity contribution < 1.29 is 4.42 Å². The molecule has 1 aliphatic rings. The number of rotatable bonds is 7. The zero-order valence-corrected chi connectivity index (χ0v) is 41.1. The van der Waals surface area contributed by atoms with Crippen LogP contribution in [0.25, 0.3) is 77.2 Å². The quantitative estimate of drug-likeness (QED) is 0.158. The fourth-order valence-electron chi connectivity index (χ4n) is 11.4. The molecule has 70 heavy (non-hydrogen) atoms. The summed E-state index contributed by atoms with van der Waals surface area (Å²) >= 11 is 0. The van der Waals surface area contributed by atoms with E-state index in [1.807, 2.05) is 0 Å². The number of para-hydroxylation sites is 3. The van der Waals surface area contributed by atoms with Crippen LogP contribution in [0.1, 0.15) is 76.3 Å². The topological polar surface area (TPSA) is 16.4 Å². The van der Waals surface area contributed by atoms with Crippen molar-refractivity contribution >= 4 is 49.8 Å². The Morgan fingerprint density at radius 2 is 0.886 bits per heavy atom. The molecule has 0 aliphatic heterocycles. The van der Waals surface area contributed by atoms with Crippen LogP contribution in [0.5, 0.6) is 0 Å². The molecule has 2 heteroatoms. The Hall–Kier alpha value is -7.94. The van der Waals surface area contributed by atoms with E-state index in [1.54, 1.807) is 0 Å². The van der Waals surface area contributed by atoms with Crippen LogP contribution in [-0.4, -0.2) is 0 Å². The summed E-state index contributed by atoms with van der Waals surface area (Å²) < 4.78 is 6.67. The molecule has 0 amide bonds. The predicted octanol–water partition coefficient (Wildman–Crippen LogP) is 19.1. The first-order valence-electron chi connectivity index (χ1n) is 24.8. The smallest absolute Gasteiger partial charge is 0.137 e. The van der Waals surface area contributed by atoms with Crippen molar-refractivity contribution in [3.63, 3.8) is 0 Å². The molecule has 0 fully saturated rings. The lowest BCUT2D eigenvalue weighted by atomic mass is 9.74. The van der Waals surface area contributed by atoms with E-state index in [2.05, 4.69) is 272 Å². The number of hydrogen-bond acceptors (Lipinski definition) is 2. The van der Waals surface area contributed by atoms with Crippen molar-refractivity contribution in [2.45, 2.75) is 64.7 Å². The third-order valence-electron chi connectivity index (χ3n) is 15.1. The number of hydrogen-bond donors (Lipinski definition) is 0. The van der Waals surface area contributed by atoms with E-state index in [4.69, 9.17) is 4.42 Å². The van der Waals surface area contributed by atoms with Crippen molar-refractivity contribution in [2.24, 2.45) is 0 Å². The first-order chi connectivity index (χ1) is 33.9. The Labute approximate surface area is 412 Å². The van der Waals surface area contributed by atoms with Crippen molar-refractivity contribution in [3.8, 4) is 44.5 Å². The van der Waals surface area contributed by atoms with Gasteiger partial charge in [-0.2, -0.15) is 0 Å². The average molecular weight is 904 g/mol. The van der Waals surface area contributed by atoms with Gasteiger partial charge in [0.05, 0.1) is 22.4 Å². The van der Waals surface area contributed by atoms with Crippen LogP contribution in [0.2, 0.25) is 0 Å². The van der Waals surface area contributed by atoms with Gasteiger partial charge in [0, 0.05) is 21.9 Å². The van der Waals surface area contributed by atoms with Crippen molar-refractivity contribution in [2.75, 3.05) is 4.90 Å². The Bertz CT molecular complexity index is 3780. The van der Waals surface area contributed by atoms with Crippen molar-refractivity contribution in [1.82, 2.24) is 0 Å². The molecule has 11 aromatic rings. The second kappa shape index (κ2) is 16.4. The van der Waals surface area contributed by atoms with Crippen molar-refractivity contribution in [1.29, 1.82) is 0 Å². The molecule has 1 heterocycles. The molecule has 340 valence electrons. The van der Waals surface area contributed by atoms with Gasteiger partial charge in [-0.3, -0.25) is 0 Å². The molecule has 12 rings (SSSR count). The zero-order valence-electron chi connectivity index (χ0n) is 41.1. The molecule has 0 spiro atoms. The summed E-state index contributed by atoms with van der Waals surface area (Å²) in [6.45, 7) is 16.3. The molecular weight excluding hydrogens is 847 g/mol. The fourth-order valence-corrected chi connectivity index (χ4v) is 11.4. The number of fused-ring (bicyclic) bond motifs is 7. The van der Waals surface area contributed by atoms with Crippen LogP contribution >= 0.6 is 0 Å². The molecule has 1 atom stereocenters. The van der Waals surface area contributed by atoms with Gasteiger partial charge in [-0.25, -0.2) is 0 Å². The summed E-state index contributed by atoms with van der Waals surface area (Å²) in [4.78, 5) is 2.52. The molecule has 0 bridgehead atoms. The van der Waals surface area contributed by atoms with Crippen LogP contribution in [0.4, 0.5) is 17.1 Å². The van der Waals surface area contributed by atoms with Gasteiger partial charge in [0.25, 0.3) is 0 Å². The van der Waals surface area contributed by atoms with Gasteiger partial charge in [-0.05, 0) is 120 Å². The summed E-state index contributed by atoms with van der Waals surface area (Å²) in [6.07, 6.45) is 0. The molecule has 1 aliphatic carbocycles. The number of anilines is 3. The van der Waals surface area contributed by atoms with E-state index in [0.717, 1.165) is 50.1 Å². The molecule has 0 saturated heterocycles. The molecule has 0 saturated carbocycles. The van der Waals surface area contributed by atoms with Gasteiger partial charge >= 0.3 is 0 Å². The van der Waals surface area contributed by atoms with Gasteiger partial charge in [0.1, 0.15) is 11.2 Å². The number of furan rings is 1. The zero-order chi connectivity index (χ0) is 47.9. The number of nitrogens with zero attached hydrogens (tertiary/aromatic N) is 1. The summed E-state index contributed by atoms with van der Waals surface area (Å²) in [5.74, 6) is 0. The number of benzene rings is 10. The minimum absolute atomic E-state index is 0.0245. The lowest BCUT2D eigenvalue weighted by Gasteiger charge is -2.31. The molecule has 0 radical (unpaired) electrons. The molecule has 1 unspecified atom stereocenters. The van der Waals surface area contributed by atoms with Gasteiger partial charge in [0.2, 0.25) is 0 Å². The maximum atomic E-state index is 6.67. The standard InChI is InChI=1S/C68H57NO/c1-66(2,3)47-41-45(42-48(43-47)67(4,5)6)49-31-19-23-44-24-20-32-52(63(44)49)50-27-12-16-36-58(50)69(60-38-22-40-62-65(60)55-30-14-18-39-61(55)70-62)59-37-17-13-28-51(59)53-33-21-35-57-64(53)54-29-11-15-34-56(54)68(57,7)46-25-9-8-10-26-46/h8-43H,1-7H3. The van der Waals surface area contributed by atoms with Gasteiger partial charge in [-0.15, -0.1) is 0 Å². The monoisotopic (exact) mass is 903 g/mol. The maximum absolute atomic E-state index is 6.67. The highest BCUT2D eigenvalue weighted by molar-refractivity contribution is 6.16. The van der Waals surface area contributed by atoms with Crippen LogP contribution in [0.15, 0.2) is 223 Å². The lowest BCUT2D eigenvalue weighted by molar-refractivity contribution is 0.569. The van der Waals surface area contributed by atoms with E-state index in [-0.39, 0.29) is 16.2 Å². The van der Waals surface area contributed by atoms with Gasteiger partial charge in [0.15, 0.2) is 0 Å². The highest BCUT2D eigenvalue weighted by atomic mass is 16.3. The third-order valence-corrected chi connectivity index (χ3v) is 15.1. The minimum atomic E-state index is -0.335. The maximum Gasteiger partial charge on any atom is 0.137 e. The Kier molecular flexibility index (Phi) is 10.1. The van der Waals surface area contributed by atoms with E-state index in [1.165, 1.54) is 72.0 Å². The molecule has 1 aromatic heterocycles.